The lowest BCUT2D eigenvalue weighted by Crippen LogP contribution is -2.45. The molecule has 7 heteroatoms. The molecule has 2 fully saturated rings. The molecular formula is C22H31N5O2. The number of hydrogen-bond donors (Lipinski definition) is 2. The molecule has 4 rings (SSSR count). The van der Waals surface area contributed by atoms with Gasteiger partial charge >= 0.3 is 0 Å². The number of carbonyl (C=O) groups excluding carboxylic acids is 1. The molecule has 0 bridgehead atoms. The van der Waals surface area contributed by atoms with Crippen LogP contribution in [0.4, 0.5) is 0 Å². The van der Waals surface area contributed by atoms with Crippen LogP contribution in [0.1, 0.15) is 50.1 Å². The summed E-state index contributed by atoms with van der Waals surface area (Å²) < 4.78 is 5.61. The standard InChI is InChI=1S/C22H31N5O2/c1-15-7-3-4-9-18(15)20-25-22(29-26-20)16(2)27-12-6-8-17(14-27)13-24-21(28)19-10-5-11-23-19/h3-4,7,9,16-17,19,23H,5-6,8,10-14H2,1-2H3,(H,24,28). The molecule has 29 heavy (non-hydrogen) atoms. The molecule has 1 aromatic carbocycles. The predicted molar refractivity (Wildman–Crippen MR) is 111 cm³/mol. The second-order valence-corrected chi connectivity index (χ2v) is 8.34. The molecular weight excluding hydrogens is 366 g/mol. The van der Waals surface area contributed by atoms with Crippen LogP contribution in [0.25, 0.3) is 11.4 Å². The van der Waals surface area contributed by atoms with Crippen molar-refractivity contribution < 1.29 is 9.32 Å². The molecule has 3 heterocycles. The highest BCUT2D eigenvalue weighted by molar-refractivity contribution is 5.81. The van der Waals surface area contributed by atoms with Gasteiger partial charge in [0.2, 0.25) is 17.6 Å². The normalized spacial score (nSPS) is 23.8. The molecule has 0 saturated carbocycles. The molecule has 0 spiro atoms. The van der Waals surface area contributed by atoms with Crippen LogP contribution in [0.5, 0.6) is 0 Å². The first-order valence-electron chi connectivity index (χ1n) is 10.8. The number of amides is 1. The van der Waals surface area contributed by atoms with Crippen LogP contribution in [-0.4, -0.2) is 53.2 Å². The third-order valence-electron chi connectivity index (χ3n) is 6.22. The summed E-state index contributed by atoms with van der Waals surface area (Å²) in [6, 6.07) is 8.14. The molecule has 0 aliphatic carbocycles. The third kappa shape index (κ3) is 4.67. The molecule has 1 amide bonds. The highest BCUT2D eigenvalue weighted by Crippen LogP contribution is 2.28. The van der Waals surface area contributed by atoms with Gasteiger partial charge < -0.3 is 15.2 Å². The van der Waals surface area contributed by atoms with Gasteiger partial charge in [0.1, 0.15) is 0 Å². The summed E-state index contributed by atoms with van der Waals surface area (Å²) in [4.78, 5) is 19.3. The Hall–Kier alpha value is -2.25. The fourth-order valence-corrected chi connectivity index (χ4v) is 4.39. The van der Waals surface area contributed by atoms with E-state index in [-0.39, 0.29) is 18.0 Å². The molecule has 2 N–H and O–H groups in total. The Kier molecular flexibility index (Phi) is 6.25. The number of benzene rings is 1. The summed E-state index contributed by atoms with van der Waals surface area (Å²) in [6.45, 7) is 7.80. The zero-order chi connectivity index (χ0) is 20.2. The van der Waals surface area contributed by atoms with Crippen molar-refractivity contribution in [2.75, 3.05) is 26.2 Å². The Balaban J connectivity index is 1.34. The van der Waals surface area contributed by atoms with Crippen LogP contribution in [0, 0.1) is 12.8 Å². The maximum atomic E-state index is 12.3. The number of carbonyl (C=O) groups is 1. The quantitative estimate of drug-likeness (QED) is 0.780. The fraction of sp³-hybridized carbons (Fsp3) is 0.591. The van der Waals surface area contributed by atoms with Crippen LogP contribution in [0.2, 0.25) is 0 Å². The Morgan fingerprint density at radius 1 is 1.34 bits per heavy atom. The van der Waals surface area contributed by atoms with E-state index >= 15 is 0 Å². The summed E-state index contributed by atoms with van der Waals surface area (Å²) in [5.74, 6) is 1.90. The van der Waals surface area contributed by atoms with E-state index < -0.39 is 0 Å². The monoisotopic (exact) mass is 397 g/mol. The van der Waals surface area contributed by atoms with Gasteiger partial charge in [-0.3, -0.25) is 9.69 Å². The molecule has 2 aliphatic heterocycles. The number of aryl methyl sites for hydroxylation is 1. The highest BCUT2D eigenvalue weighted by atomic mass is 16.5. The van der Waals surface area contributed by atoms with E-state index in [4.69, 9.17) is 4.52 Å². The van der Waals surface area contributed by atoms with Crippen LogP contribution in [-0.2, 0) is 4.79 Å². The number of rotatable bonds is 6. The van der Waals surface area contributed by atoms with Gasteiger partial charge in [-0.1, -0.05) is 29.4 Å². The van der Waals surface area contributed by atoms with E-state index in [2.05, 4.69) is 45.6 Å². The average molecular weight is 398 g/mol. The minimum absolute atomic E-state index is 0.00752. The van der Waals surface area contributed by atoms with E-state index in [1.807, 2.05) is 18.2 Å². The second-order valence-electron chi connectivity index (χ2n) is 8.34. The zero-order valence-corrected chi connectivity index (χ0v) is 17.4. The summed E-state index contributed by atoms with van der Waals surface area (Å²) in [5, 5.41) is 10.6. The van der Waals surface area contributed by atoms with Gasteiger partial charge in [-0.15, -0.1) is 0 Å². The Morgan fingerprint density at radius 3 is 3.00 bits per heavy atom. The minimum atomic E-state index is -0.00752. The van der Waals surface area contributed by atoms with Crippen molar-refractivity contribution in [3.63, 3.8) is 0 Å². The van der Waals surface area contributed by atoms with E-state index in [9.17, 15) is 4.79 Å². The molecule has 156 valence electrons. The fourth-order valence-electron chi connectivity index (χ4n) is 4.39. The molecule has 2 aliphatic rings. The Bertz CT molecular complexity index is 830. The van der Waals surface area contributed by atoms with E-state index in [1.165, 1.54) is 0 Å². The largest absolute Gasteiger partial charge is 0.354 e. The van der Waals surface area contributed by atoms with Gasteiger partial charge in [0.05, 0.1) is 12.1 Å². The van der Waals surface area contributed by atoms with Gasteiger partial charge in [-0.05, 0) is 64.1 Å². The van der Waals surface area contributed by atoms with E-state index in [0.29, 0.717) is 17.6 Å². The van der Waals surface area contributed by atoms with Crippen molar-refractivity contribution >= 4 is 5.91 Å². The van der Waals surface area contributed by atoms with E-state index in [0.717, 1.165) is 63.0 Å². The van der Waals surface area contributed by atoms with Crippen molar-refractivity contribution in [2.45, 2.75) is 51.6 Å². The van der Waals surface area contributed by atoms with Crippen LogP contribution in [0.3, 0.4) is 0 Å². The number of likely N-dealkylation sites (tertiary alicyclic amines) is 1. The number of piperidine rings is 1. The molecule has 3 unspecified atom stereocenters. The van der Waals surface area contributed by atoms with Crippen LogP contribution < -0.4 is 10.6 Å². The van der Waals surface area contributed by atoms with Crippen LogP contribution in [0.15, 0.2) is 28.8 Å². The first-order chi connectivity index (χ1) is 14.1. The van der Waals surface area contributed by atoms with Crippen molar-refractivity contribution in [1.29, 1.82) is 0 Å². The maximum absolute atomic E-state index is 12.3. The Morgan fingerprint density at radius 2 is 2.21 bits per heavy atom. The van der Waals surface area contributed by atoms with Gasteiger partial charge in [-0.2, -0.15) is 4.98 Å². The highest BCUT2D eigenvalue weighted by Gasteiger charge is 2.29. The number of aromatic nitrogens is 2. The first-order valence-corrected chi connectivity index (χ1v) is 10.8. The molecule has 1 aromatic heterocycles. The van der Waals surface area contributed by atoms with Crippen LogP contribution >= 0.6 is 0 Å². The van der Waals surface area contributed by atoms with Crippen molar-refractivity contribution in [1.82, 2.24) is 25.7 Å². The maximum Gasteiger partial charge on any atom is 0.244 e. The zero-order valence-electron chi connectivity index (χ0n) is 17.4. The minimum Gasteiger partial charge on any atom is -0.354 e. The number of nitrogens with zero attached hydrogens (tertiary/aromatic N) is 3. The number of hydrogen-bond acceptors (Lipinski definition) is 6. The smallest absolute Gasteiger partial charge is 0.244 e. The number of nitrogens with one attached hydrogen (secondary N) is 2. The molecule has 3 atom stereocenters. The SMILES string of the molecule is Cc1ccccc1-c1noc(C(C)N2CCCC(CNC(=O)C3CCCN3)C2)n1. The summed E-state index contributed by atoms with van der Waals surface area (Å²) >= 11 is 0. The predicted octanol–water partition coefficient (Wildman–Crippen LogP) is 2.69. The third-order valence-corrected chi connectivity index (χ3v) is 6.22. The Labute approximate surface area is 172 Å². The van der Waals surface area contributed by atoms with Gasteiger partial charge in [-0.25, -0.2) is 0 Å². The lowest BCUT2D eigenvalue weighted by molar-refractivity contribution is -0.123. The molecule has 0 radical (unpaired) electrons. The topological polar surface area (TPSA) is 83.3 Å². The summed E-state index contributed by atoms with van der Waals surface area (Å²) in [7, 11) is 0. The van der Waals surface area contributed by atoms with Gasteiger partial charge in [0.15, 0.2) is 0 Å². The van der Waals surface area contributed by atoms with Crippen molar-refractivity contribution in [2.24, 2.45) is 5.92 Å². The van der Waals surface area contributed by atoms with Crippen molar-refractivity contribution in [3.8, 4) is 11.4 Å². The first kappa shape index (κ1) is 20.0. The van der Waals surface area contributed by atoms with Gasteiger partial charge in [0, 0.05) is 18.7 Å². The van der Waals surface area contributed by atoms with Crippen molar-refractivity contribution in [3.05, 3.63) is 35.7 Å². The second kappa shape index (κ2) is 9.05. The lowest BCUT2D eigenvalue weighted by atomic mass is 9.96. The summed E-state index contributed by atoms with van der Waals surface area (Å²) in [6.07, 6.45) is 4.28. The molecule has 2 saturated heterocycles. The van der Waals surface area contributed by atoms with Gasteiger partial charge in [0.25, 0.3) is 0 Å². The van der Waals surface area contributed by atoms with E-state index in [1.54, 1.807) is 0 Å². The molecule has 2 aromatic rings. The average Bonchev–Trinajstić information content (AvgIpc) is 3.44. The molecule has 7 nitrogen and oxygen atoms in total. The lowest BCUT2D eigenvalue weighted by Gasteiger charge is -2.35. The summed E-state index contributed by atoms with van der Waals surface area (Å²) in [5.41, 5.74) is 2.15.